The van der Waals surface area contributed by atoms with Crippen molar-refractivity contribution in [2.24, 2.45) is 0 Å². The minimum atomic E-state index is -4.80. The van der Waals surface area contributed by atoms with Crippen molar-refractivity contribution >= 4 is 11.6 Å². The summed E-state index contributed by atoms with van der Waals surface area (Å²) in [5.41, 5.74) is -3.04. The van der Waals surface area contributed by atoms with Gasteiger partial charge in [-0.15, -0.1) is 0 Å². The van der Waals surface area contributed by atoms with Crippen molar-refractivity contribution in [1.29, 1.82) is 0 Å². The molecule has 152 valence electrons. The first-order chi connectivity index (χ1) is 12.7. The van der Waals surface area contributed by atoms with Gasteiger partial charge in [0.05, 0.1) is 31.5 Å². The molecule has 0 spiro atoms. The molecular weight excluding hydrogens is 367 g/mol. The van der Waals surface area contributed by atoms with E-state index in [1.165, 1.54) is 0 Å². The van der Waals surface area contributed by atoms with Gasteiger partial charge in [-0.3, -0.25) is 9.59 Å². The van der Waals surface area contributed by atoms with Gasteiger partial charge in [0.15, 0.2) is 0 Å². The first-order valence-electron chi connectivity index (χ1n) is 8.69. The average molecular weight is 391 g/mol. The maximum absolute atomic E-state index is 13.0. The normalized spacial score (nSPS) is 19.0. The number of piperazine rings is 1. The van der Waals surface area contributed by atoms with E-state index in [2.05, 4.69) is 15.7 Å². The molecule has 1 aromatic rings. The van der Waals surface area contributed by atoms with Gasteiger partial charge in [-0.1, -0.05) is 0 Å². The third-order valence-corrected chi connectivity index (χ3v) is 4.19. The molecule has 2 rings (SSSR count). The lowest BCUT2D eigenvalue weighted by Crippen LogP contribution is -2.52. The number of aromatic amines is 1. The SMILES string of the molecule is CC(COCCC(=O)N1CCNCC1C)Nc1cn[nH]c(=O)c1C(F)(F)F. The van der Waals surface area contributed by atoms with Gasteiger partial charge < -0.3 is 20.3 Å². The molecule has 1 saturated heterocycles. The number of amides is 1. The standard InChI is InChI=1S/C16H24F3N5O3/c1-10(22-12-8-21-23-15(26)14(12)16(17,18)19)9-27-6-3-13(25)24-5-4-20-7-11(24)2/h8,10-11,20H,3-7,9H2,1-2H3,(H2,22,23,26). The largest absolute Gasteiger partial charge is 0.423 e. The predicted molar refractivity (Wildman–Crippen MR) is 92.4 cm³/mol. The van der Waals surface area contributed by atoms with E-state index in [-0.39, 0.29) is 31.6 Å². The van der Waals surface area contributed by atoms with Crippen LogP contribution in [0.1, 0.15) is 25.8 Å². The lowest BCUT2D eigenvalue weighted by atomic mass is 10.2. The van der Waals surface area contributed by atoms with Crippen LogP contribution in [0.5, 0.6) is 0 Å². The lowest BCUT2D eigenvalue weighted by molar-refractivity contribution is -0.138. The second-order valence-electron chi connectivity index (χ2n) is 6.50. The minimum absolute atomic E-state index is 0.0113. The summed E-state index contributed by atoms with van der Waals surface area (Å²) < 4.78 is 44.4. The van der Waals surface area contributed by atoms with Crippen LogP contribution in [0.3, 0.4) is 0 Å². The summed E-state index contributed by atoms with van der Waals surface area (Å²) in [6.07, 6.45) is -3.68. The van der Waals surface area contributed by atoms with Gasteiger partial charge in [0.25, 0.3) is 5.56 Å². The zero-order valence-electron chi connectivity index (χ0n) is 15.2. The molecule has 0 bridgehead atoms. The minimum Gasteiger partial charge on any atom is -0.379 e. The summed E-state index contributed by atoms with van der Waals surface area (Å²) in [5.74, 6) is -0.0113. The van der Waals surface area contributed by atoms with Crippen LogP contribution >= 0.6 is 0 Å². The van der Waals surface area contributed by atoms with Crippen molar-refractivity contribution in [2.75, 3.05) is 38.2 Å². The molecule has 1 aliphatic heterocycles. The van der Waals surface area contributed by atoms with Crippen molar-refractivity contribution in [3.63, 3.8) is 0 Å². The molecule has 2 unspecified atom stereocenters. The highest BCUT2D eigenvalue weighted by Gasteiger charge is 2.37. The van der Waals surface area contributed by atoms with E-state index in [0.717, 1.165) is 19.3 Å². The van der Waals surface area contributed by atoms with E-state index in [1.54, 1.807) is 16.9 Å². The van der Waals surface area contributed by atoms with Crippen LogP contribution < -0.4 is 16.2 Å². The number of nitrogens with one attached hydrogen (secondary N) is 3. The Morgan fingerprint density at radius 3 is 2.93 bits per heavy atom. The maximum Gasteiger partial charge on any atom is 0.423 e. The van der Waals surface area contributed by atoms with E-state index in [0.29, 0.717) is 6.54 Å². The summed E-state index contributed by atoms with van der Waals surface area (Å²) in [4.78, 5) is 25.4. The topological polar surface area (TPSA) is 99.3 Å². The second kappa shape index (κ2) is 9.18. The number of hydrogen-bond donors (Lipinski definition) is 3. The summed E-state index contributed by atoms with van der Waals surface area (Å²) in [6.45, 7) is 5.97. The monoisotopic (exact) mass is 391 g/mol. The van der Waals surface area contributed by atoms with Crippen LogP contribution in [0.15, 0.2) is 11.0 Å². The number of rotatable bonds is 7. The highest BCUT2D eigenvalue weighted by Crippen LogP contribution is 2.31. The Kier molecular flexibility index (Phi) is 7.19. The highest BCUT2D eigenvalue weighted by molar-refractivity contribution is 5.76. The first kappa shape index (κ1) is 21.2. The van der Waals surface area contributed by atoms with E-state index < -0.39 is 29.0 Å². The first-order valence-corrected chi connectivity index (χ1v) is 8.69. The number of carbonyl (C=O) groups is 1. The van der Waals surface area contributed by atoms with Gasteiger partial charge in [0.2, 0.25) is 5.91 Å². The van der Waals surface area contributed by atoms with Gasteiger partial charge in [-0.25, -0.2) is 5.10 Å². The van der Waals surface area contributed by atoms with Gasteiger partial charge in [0, 0.05) is 31.7 Å². The Bertz CT molecular complexity index is 695. The molecule has 27 heavy (non-hydrogen) atoms. The fourth-order valence-corrected chi connectivity index (χ4v) is 2.87. The molecule has 0 radical (unpaired) electrons. The molecule has 8 nitrogen and oxygen atoms in total. The van der Waals surface area contributed by atoms with Crippen LogP contribution in [-0.4, -0.2) is 65.9 Å². The number of nitrogens with zero attached hydrogens (tertiary/aromatic N) is 2. The molecule has 0 saturated carbocycles. The van der Waals surface area contributed by atoms with Crippen LogP contribution in [0.2, 0.25) is 0 Å². The van der Waals surface area contributed by atoms with Crippen LogP contribution in [-0.2, 0) is 15.7 Å². The number of H-pyrrole nitrogens is 1. The highest BCUT2D eigenvalue weighted by atomic mass is 19.4. The van der Waals surface area contributed by atoms with Crippen LogP contribution in [0.4, 0.5) is 18.9 Å². The third kappa shape index (κ3) is 5.93. The van der Waals surface area contributed by atoms with Gasteiger partial charge in [-0.05, 0) is 13.8 Å². The zero-order valence-corrected chi connectivity index (χ0v) is 15.2. The Hall–Kier alpha value is -2.14. The Morgan fingerprint density at radius 2 is 2.26 bits per heavy atom. The van der Waals surface area contributed by atoms with E-state index in [4.69, 9.17) is 4.74 Å². The summed E-state index contributed by atoms with van der Waals surface area (Å²) in [7, 11) is 0. The van der Waals surface area contributed by atoms with E-state index in [9.17, 15) is 22.8 Å². The summed E-state index contributed by atoms with van der Waals surface area (Å²) in [6, 6.07) is -0.390. The predicted octanol–water partition coefficient (Wildman–Crippen LogP) is 0.816. The Labute approximate surface area is 154 Å². The number of halogens is 3. The molecule has 1 fully saturated rings. The molecule has 1 aliphatic rings. The molecule has 2 heterocycles. The molecule has 0 aromatic carbocycles. The van der Waals surface area contributed by atoms with Crippen molar-refractivity contribution in [3.8, 4) is 0 Å². The average Bonchev–Trinajstić information content (AvgIpc) is 2.58. The van der Waals surface area contributed by atoms with Crippen molar-refractivity contribution in [2.45, 2.75) is 38.5 Å². The van der Waals surface area contributed by atoms with Crippen LogP contribution in [0.25, 0.3) is 0 Å². The van der Waals surface area contributed by atoms with Crippen molar-refractivity contribution < 1.29 is 22.7 Å². The number of aromatic nitrogens is 2. The number of alkyl halides is 3. The van der Waals surface area contributed by atoms with Crippen molar-refractivity contribution in [3.05, 3.63) is 22.1 Å². The summed E-state index contributed by atoms with van der Waals surface area (Å²) in [5, 5.41) is 11.0. The molecule has 1 amide bonds. The molecule has 0 aliphatic carbocycles. The quantitative estimate of drug-likeness (QED) is 0.595. The third-order valence-electron chi connectivity index (χ3n) is 4.19. The Morgan fingerprint density at radius 1 is 1.52 bits per heavy atom. The van der Waals surface area contributed by atoms with Gasteiger partial charge >= 0.3 is 6.18 Å². The molecule has 2 atom stereocenters. The Balaban J connectivity index is 1.80. The van der Waals surface area contributed by atoms with Gasteiger partial charge in [-0.2, -0.15) is 18.3 Å². The number of carbonyl (C=O) groups excluding carboxylic acids is 1. The van der Waals surface area contributed by atoms with Crippen LogP contribution in [0, 0.1) is 0 Å². The fourth-order valence-electron chi connectivity index (χ4n) is 2.87. The number of hydrogen-bond acceptors (Lipinski definition) is 6. The second-order valence-corrected chi connectivity index (χ2v) is 6.50. The van der Waals surface area contributed by atoms with E-state index >= 15 is 0 Å². The molecule has 3 N–H and O–H groups in total. The number of ether oxygens (including phenoxy) is 1. The van der Waals surface area contributed by atoms with Gasteiger partial charge in [0.1, 0.15) is 5.56 Å². The zero-order chi connectivity index (χ0) is 20.0. The molecule has 1 aromatic heterocycles. The van der Waals surface area contributed by atoms with E-state index in [1.807, 2.05) is 6.92 Å². The molecular formula is C16H24F3N5O3. The maximum atomic E-state index is 13.0. The summed E-state index contributed by atoms with van der Waals surface area (Å²) >= 11 is 0. The fraction of sp³-hybridized carbons (Fsp3) is 0.688. The van der Waals surface area contributed by atoms with Crippen molar-refractivity contribution in [1.82, 2.24) is 20.4 Å². The smallest absolute Gasteiger partial charge is 0.379 e. The lowest BCUT2D eigenvalue weighted by Gasteiger charge is -2.34. The molecule has 11 heteroatoms. The number of anilines is 1.